The topological polar surface area (TPSA) is 97.3 Å². The monoisotopic (exact) mass is 623 g/mol. The molecule has 0 fully saturated rings. The average molecular weight is 624 g/mol. The fraction of sp³-hybridized carbons (Fsp3) is 0.161. The number of carbonyl (C=O) groups is 1. The van der Waals surface area contributed by atoms with Gasteiger partial charge in [0.1, 0.15) is 24.7 Å². The third-order valence-corrected chi connectivity index (χ3v) is 8.91. The summed E-state index contributed by atoms with van der Waals surface area (Å²) >= 11 is 7.68. The van der Waals surface area contributed by atoms with E-state index in [4.69, 9.17) is 21.1 Å². The van der Waals surface area contributed by atoms with Crippen molar-refractivity contribution in [3.8, 4) is 11.5 Å². The lowest BCUT2D eigenvalue weighted by atomic mass is 10.2. The minimum absolute atomic E-state index is 0.0716. The minimum atomic E-state index is -4.06. The van der Waals surface area contributed by atoms with E-state index in [1.165, 1.54) is 30.1 Å². The van der Waals surface area contributed by atoms with Crippen LogP contribution in [0.4, 0.5) is 5.69 Å². The van der Waals surface area contributed by atoms with E-state index in [-0.39, 0.29) is 4.90 Å². The zero-order valence-electron chi connectivity index (χ0n) is 23.1. The number of sulfonamides is 1. The van der Waals surface area contributed by atoms with Gasteiger partial charge in [-0.2, -0.15) is 5.10 Å². The molecule has 4 aromatic rings. The second kappa shape index (κ2) is 14.8. The molecule has 0 bridgehead atoms. The number of hydrogen-bond donors (Lipinski definition) is 1. The summed E-state index contributed by atoms with van der Waals surface area (Å²) in [6, 6.07) is 27.6. The molecule has 4 rings (SSSR count). The Bertz CT molecular complexity index is 1610. The summed E-state index contributed by atoms with van der Waals surface area (Å²) in [5, 5.41) is 4.65. The second-order valence-electron chi connectivity index (χ2n) is 8.86. The molecule has 0 aliphatic heterocycles. The molecule has 0 saturated heterocycles. The zero-order chi connectivity index (χ0) is 30.0. The van der Waals surface area contributed by atoms with Crippen molar-refractivity contribution in [3.63, 3.8) is 0 Å². The maximum atomic E-state index is 13.6. The average Bonchev–Trinajstić information content (AvgIpc) is 3.01. The largest absolute Gasteiger partial charge is 0.494 e. The van der Waals surface area contributed by atoms with Crippen LogP contribution in [0.25, 0.3) is 0 Å². The summed E-state index contributed by atoms with van der Waals surface area (Å²) in [6.45, 7) is 2.19. The maximum absolute atomic E-state index is 13.6. The number of hydrazone groups is 1. The van der Waals surface area contributed by atoms with E-state index in [0.29, 0.717) is 41.0 Å². The predicted molar refractivity (Wildman–Crippen MR) is 168 cm³/mol. The summed E-state index contributed by atoms with van der Waals surface area (Å²) in [5.41, 5.74) is 4.33. The number of carbonyl (C=O) groups excluding carboxylic acids is 1. The van der Waals surface area contributed by atoms with Gasteiger partial charge in [0, 0.05) is 15.5 Å². The molecule has 218 valence electrons. The summed E-state index contributed by atoms with van der Waals surface area (Å²) in [5.74, 6) is 0.638. The molecular weight excluding hydrogens is 594 g/mol. The number of thioether (sulfide) groups is 1. The first-order valence-electron chi connectivity index (χ1n) is 13.0. The lowest BCUT2D eigenvalue weighted by molar-refractivity contribution is -0.119. The number of benzene rings is 4. The van der Waals surface area contributed by atoms with E-state index in [2.05, 4.69) is 10.5 Å². The Balaban J connectivity index is 1.43. The van der Waals surface area contributed by atoms with Crippen molar-refractivity contribution in [3.05, 3.63) is 113 Å². The number of rotatable bonds is 13. The van der Waals surface area contributed by atoms with Crippen LogP contribution >= 0.6 is 23.4 Å². The molecule has 11 heteroatoms. The highest BCUT2D eigenvalue weighted by molar-refractivity contribution is 7.98. The number of amides is 1. The van der Waals surface area contributed by atoms with Crippen LogP contribution in [-0.2, 0) is 21.4 Å². The Kier molecular flexibility index (Phi) is 10.9. The molecule has 1 amide bonds. The number of hydrogen-bond acceptors (Lipinski definition) is 7. The van der Waals surface area contributed by atoms with Gasteiger partial charge in [0.05, 0.1) is 23.4 Å². The van der Waals surface area contributed by atoms with E-state index >= 15 is 0 Å². The van der Waals surface area contributed by atoms with E-state index in [0.717, 1.165) is 14.8 Å². The Hall–Kier alpha value is -3.99. The third-order valence-electron chi connectivity index (χ3n) is 6.01. The van der Waals surface area contributed by atoms with Gasteiger partial charge in [0.2, 0.25) is 0 Å². The molecule has 0 unspecified atom stereocenters. The van der Waals surface area contributed by atoms with Gasteiger partial charge in [-0.25, -0.2) is 13.8 Å². The molecule has 0 aliphatic rings. The summed E-state index contributed by atoms with van der Waals surface area (Å²) < 4.78 is 39.6. The second-order valence-corrected chi connectivity index (χ2v) is 12.0. The molecule has 0 spiro atoms. The fourth-order valence-electron chi connectivity index (χ4n) is 3.84. The fourth-order valence-corrected chi connectivity index (χ4v) is 5.86. The summed E-state index contributed by atoms with van der Waals surface area (Å²) in [7, 11) is -4.06. The van der Waals surface area contributed by atoms with Crippen LogP contribution < -0.4 is 19.2 Å². The molecule has 8 nitrogen and oxygen atoms in total. The Morgan fingerprint density at radius 2 is 1.57 bits per heavy atom. The van der Waals surface area contributed by atoms with Gasteiger partial charge in [-0.1, -0.05) is 29.8 Å². The number of ether oxygens (including phenoxy) is 2. The first-order chi connectivity index (χ1) is 20.3. The number of nitrogens with zero attached hydrogens (tertiary/aromatic N) is 2. The third kappa shape index (κ3) is 8.28. The van der Waals surface area contributed by atoms with E-state index < -0.39 is 22.5 Å². The van der Waals surface area contributed by atoms with Crippen molar-refractivity contribution in [2.24, 2.45) is 5.10 Å². The molecule has 0 saturated carbocycles. The highest BCUT2D eigenvalue weighted by Gasteiger charge is 2.27. The number of nitrogens with one attached hydrogen (secondary N) is 1. The zero-order valence-corrected chi connectivity index (χ0v) is 25.5. The molecule has 0 aromatic heterocycles. The first-order valence-corrected chi connectivity index (χ1v) is 16.0. The molecule has 42 heavy (non-hydrogen) atoms. The van der Waals surface area contributed by atoms with E-state index in [1.807, 2.05) is 37.4 Å². The van der Waals surface area contributed by atoms with Crippen LogP contribution in [0, 0.1) is 0 Å². The standard InChI is InChI=1S/C31H30ClN3O5S2/c1-3-39-26-14-10-25(11-15-26)35(42(37,38)29-18-16-28(41-2)17-19-29)21-31(36)34-33-20-23-8-12-27(13-9-23)40-22-24-6-4-5-7-30(24)32/h4-20H,3,21-22H2,1-2H3,(H,34,36)/b33-20+. The van der Waals surface area contributed by atoms with Crippen LogP contribution in [-0.4, -0.2) is 39.9 Å². The van der Waals surface area contributed by atoms with Gasteiger partial charge in [-0.3, -0.25) is 9.10 Å². The predicted octanol–water partition coefficient (Wildman–Crippen LogP) is 6.39. The van der Waals surface area contributed by atoms with Crippen LogP contribution in [0.2, 0.25) is 5.02 Å². The lowest BCUT2D eigenvalue weighted by Gasteiger charge is -2.24. The van der Waals surface area contributed by atoms with Crippen molar-refractivity contribution in [2.45, 2.75) is 23.3 Å². The molecule has 0 radical (unpaired) electrons. The van der Waals surface area contributed by atoms with Crippen LogP contribution in [0.15, 0.2) is 112 Å². The van der Waals surface area contributed by atoms with Gasteiger partial charge >= 0.3 is 0 Å². The Morgan fingerprint density at radius 1 is 0.929 bits per heavy atom. The van der Waals surface area contributed by atoms with Gasteiger partial charge in [-0.05, 0) is 97.6 Å². The Morgan fingerprint density at radius 3 is 2.21 bits per heavy atom. The van der Waals surface area contributed by atoms with Crippen molar-refractivity contribution < 1.29 is 22.7 Å². The van der Waals surface area contributed by atoms with Gasteiger partial charge in [0.15, 0.2) is 0 Å². The molecule has 0 aliphatic carbocycles. The molecule has 1 N–H and O–H groups in total. The van der Waals surface area contributed by atoms with Gasteiger partial charge in [-0.15, -0.1) is 11.8 Å². The van der Waals surface area contributed by atoms with Crippen molar-refractivity contribution in [1.29, 1.82) is 0 Å². The quantitative estimate of drug-likeness (QED) is 0.105. The lowest BCUT2D eigenvalue weighted by Crippen LogP contribution is -2.39. The smallest absolute Gasteiger partial charge is 0.264 e. The highest BCUT2D eigenvalue weighted by atomic mass is 35.5. The highest BCUT2D eigenvalue weighted by Crippen LogP contribution is 2.27. The SMILES string of the molecule is CCOc1ccc(N(CC(=O)N/N=C/c2ccc(OCc3ccccc3Cl)cc2)S(=O)(=O)c2ccc(SC)cc2)cc1. The van der Waals surface area contributed by atoms with Crippen molar-refractivity contribution in [1.82, 2.24) is 5.43 Å². The number of halogens is 1. The molecule has 0 atom stereocenters. The molecular formula is C31H30ClN3O5S2. The first kappa shape index (κ1) is 31.0. The van der Waals surface area contributed by atoms with Crippen molar-refractivity contribution in [2.75, 3.05) is 23.7 Å². The van der Waals surface area contributed by atoms with Crippen molar-refractivity contribution >= 4 is 51.2 Å². The van der Waals surface area contributed by atoms with E-state index in [9.17, 15) is 13.2 Å². The summed E-state index contributed by atoms with van der Waals surface area (Å²) in [4.78, 5) is 13.9. The van der Waals surface area contributed by atoms with Crippen LogP contribution in [0.3, 0.4) is 0 Å². The normalized spacial score (nSPS) is 11.3. The molecule has 4 aromatic carbocycles. The van der Waals surface area contributed by atoms with Crippen LogP contribution in [0.5, 0.6) is 11.5 Å². The Labute approximate surface area is 255 Å². The van der Waals surface area contributed by atoms with Gasteiger partial charge in [0.25, 0.3) is 15.9 Å². The van der Waals surface area contributed by atoms with Crippen LogP contribution in [0.1, 0.15) is 18.1 Å². The minimum Gasteiger partial charge on any atom is -0.494 e. The molecule has 0 heterocycles. The van der Waals surface area contributed by atoms with E-state index in [1.54, 1.807) is 60.7 Å². The summed E-state index contributed by atoms with van der Waals surface area (Å²) in [6.07, 6.45) is 3.37. The maximum Gasteiger partial charge on any atom is 0.264 e. The number of anilines is 1. The van der Waals surface area contributed by atoms with Gasteiger partial charge < -0.3 is 9.47 Å².